The first kappa shape index (κ1) is 20.3. The molecule has 0 atom stereocenters. The Morgan fingerprint density at radius 2 is 1.86 bits per heavy atom. The average molecular weight is 392 g/mol. The average Bonchev–Trinajstić information content (AvgIpc) is 3.21. The van der Waals surface area contributed by atoms with Crippen LogP contribution < -0.4 is 10.6 Å². The summed E-state index contributed by atoms with van der Waals surface area (Å²) in [5.74, 6) is 0.970. The van der Waals surface area contributed by atoms with Gasteiger partial charge in [0, 0.05) is 36.7 Å². The zero-order valence-corrected chi connectivity index (χ0v) is 16.7. The van der Waals surface area contributed by atoms with Gasteiger partial charge in [-0.1, -0.05) is 49.3 Å². The van der Waals surface area contributed by atoms with Gasteiger partial charge in [0.1, 0.15) is 0 Å². The van der Waals surface area contributed by atoms with Crippen molar-refractivity contribution in [2.75, 3.05) is 12.4 Å². The first-order valence-electron chi connectivity index (χ1n) is 9.51. The quantitative estimate of drug-likeness (QED) is 0.638. The van der Waals surface area contributed by atoms with Crippen LogP contribution in [0.2, 0.25) is 0 Å². The lowest BCUT2D eigenvalue weighted by molar-refractivity contribution is -0.116. The number of carbonyl (C=O) groups is 2. The first-order valence-corrected chi connectivity index (χ1v) is 9.51. The monoisotopic (exact) mass is 392 g/mol. The lowest BCUT2D eigenvalue weighted by Gasteiger charge is -2.06. The molecule has 3 aromatic rings. The van der Waals surface area contributed by atoms with Crippen LogP contribution in [0.4, 0.5) is 5.69 Å². The molecule has 29 heavy (non-hydrogen) atoms. The molecule has 2 aromatic carbocycles. The van der Waals surface area contributed by atoms with E-state index in [1.807, 2.05) is 12.1 Å². The molecule has 7 nitrogen and oxygen atoms in total. The van der Waals surface area contributed by atoms with E-state index in [1.165, 1.54) is 5.56 Å². The normalized spacial score (nSPS) is 10.8. The van der Waals surface area contributed by atoms with E-state index >= 15 is 0 Å². The van der Waals surface area contributed by atoms with E-state index in [4.69, 9.17) is 4.52 Å². The van der Waals surface area contributed by atoms with Gasteiger partial charge in [-0.2, -0.15) is 4.98 Å². The fraction of sp³-hybridized carbons (Fsp3) is 0.273. The SMILES string of the molecule is CNC(=O)c1cccc(NC(=O)CCc2nc(-c3ccc(C(C)C)cc3)no2)c1. The maximum Gasteiger partial charge on any atom is 0.251 e. The van der Waals surface area contributed by atoms with E-state index in [1.54, 1.807) is 31.3 Å². The Morgan fingerprint density at radius 1 is 1.10 bits per heavy atom. The van der Waals surface area contributed by atoms with Crippen molar-refractivity contribution in [3.63, 3.8) is 0 Å². The number of hydrogen-bond acceptors (Lipinski definition) is 5. The molecule has 2 N–H and O–H groups in total. The first-order chi connectivity index (χ1) is 14.0. The van der Waals surface area contributed by atoms with Crippen molar-refractivity contribution in [2.24, 2.45) is 0 Å². The van der Waals surface area contributed by atoms with Gasteiger partial charge in [-0.3, -0.25) is 9.59 Å². The molecule has 0 fully saturated rings. The topological polar surface area (TPSA) is 97.1 Å². The molecule has 0 saturated carbocycles. The molecule has 150 valence electrons. The summed E-state index contributed by atoms with van der Waals surface area (Å²) in [5.41, 5.74) is 3.16. The van der Waals surface area contributed by atoms with Crippen LogP contribution in [0.15, 0.2) is 53.1 Å². The lowest BCUT2D eigenvalue weighted by Crippen LogP contribution is -2.18. The summed E-state index contributed by atoms with van der Waals surface area (Å²) in [4.78, 5) is 28.3. The van der Waals surface area contributed by atoms with Crippen LogP contribution in [-0.4, -0.2) is 29.0 Å². The Labute approximate surface area is 169 Å². The number of rotatable bonds is 7. The van der Waals surface area contributed by atoms with Gasteiger partial charge >= 0.3 is 0 Å². The van der Waals surface area contributed by atoms with Crippen molar-refractivity contribution in [2.45, 2.75) is 32.6 Å². The molecule has 0 spiro atoms. The minimum Gasteiger partial charge on any atom is -0.355 e. The van der Waals surface area contributed by atoms with Crippen LogP contribution in [-0.2, 0) is 11.2 Å². The highest BCUT2D eigenvalue weighted by Crippen LogP contribution is 2.21. The molecule has 0 aliphatic rings. The summed E-state index contributed by atoms with van der Waals surface area (Å²) in [6.07, 6.45) is 0.524. The second-order valence-corrected chi connectivity index (χ2v) is 7.00. The highest BCUT2D eigenvalue weighted by atomic mass is 16.5. The molecular weight excluding hydrogens is 368 g/mol. The molecule has 0 aliphatic carbocycles. The number of benzene rings is 2. The standard InChI is InChI=1S/C22H24N4O3/c1-14(2)15-7-9-16(10-8-15)21-25-20(29-26-21)12-11-19(27)24-18-6-4-5-17(13-18)22(28)23-3/h4-10,13-14H,11-12H2,1-3H3,(H,23,28)(H,24,27). The molecule has 0 unspecified atom stereocenters. The summed E-state index contributed by atoms with van der Waals surface area (Å²) >= 11 is 0. The molecule has 3 rings (SSSR count). The molecule has 0 saturated heterocycles. The van der Waals surface area contributed by atoms with Gasteiger partial charge in [0.25, 0.3) is 5.91 Å². The largest absolute Gasteiger partial charge is 0.355 e. The van der Waals surface area contributed by atoms with Gasteiger partial charge in [0.05, 0.1) is 0 Å². The smallest absolute Gasteiger partial charge is 0.251 e. The Hall–Kier alpha value is -3.48. The minimum absolute atomic E-state index is 0.193. The third-order valence-electron chi connectivity index (χ3n) is 4.51. The predicted molar refractivity (Wildman–Crippen MR) is 111 cm³/mol. The van der Waals surface area contributed by atoms with Gasteiger partial charge in [-0.25, -0.2) is 0 Å². The molecule has 7 heteroatoms. The summed E-state index contributed by atoms with van der Waals surface area (Å²) in [6.45, 7) is 4.28. The summed E-state index contributed by atoms with van der Waals surface area (Å²) < 4.78 is 5.27. The number of aryl methyl sites for hydroxylation is 1. The predicted octanol–water partition coefficient (Wildman–Crippen LogP) is 3.79. The third-order valence-corrected chi connectivity index (χ3v) is 4.51. The van der Waals surface area contributed by atoms with Crippen LogP contribution in [0.3, 0.4) is 0 Å². The minimum atomic E-state index is -0.207. The maximum atomic E-state index is 12.2. The highest BCUT2D eigenvalue weighted by Gasteiger charge is 2.12. The van der Waals surface area contributed by atoms with E-state index in [0.717, 1.165) is 5.56 Å². The number of aromatic nitrogens is 2. The van der Waals surface area contributed by atoms with E-state index < -0.39 is 0 Å². The molecule has 0 aliphatic heterocycles. The maximum absolute atomic E-state index is 12.2. The number of nitrogens with zero attached hydrogens (tertiary/aromatic N) is 2. The zero-order valence-electron chi connectivity index (χ0n) is 16.7. The molecule has 0 radical (unpaired) electrons. The van der Waals surface area contributed by atoms with Gasteiger partial charge < -0.3 is 15.2 Å². The van der Waals surface area contributed by atoms with Crippen molar-refractivity contribution in [3.8, 4) is 11.4 Å². The Balaban J connectivity index is 1.57. The Kier molecular flexibility index (Phi) is 6.39. The number of hydrogen-bond donors (Lipinski definition) is 2. The Bertz CT molecular complexity index is 993. The molecule has 1 heterocycles. The third kappa shape index (κ3) is 5.28. The molecule has 2 amide bonds. The van der Waals surface area contributed by atoms with Crippen molar-refractivity contribution in [1.82, 2.24) is 15.5 Å². The summed E-state index contributed by atoms with van der Waals surface area (Å²) in [5, 5.41) is 9.33. The van der Waals surface area contributed by atoms with Crippen molar-refractivity contribution >= 4 is 17.5 Å². The van der Waals surface area contributed by atoms with Gasteiger partial charge in [0.15, 0.2) is 0 Å². The second-order valence-electron chi connectivity index (χ2n) is 7.00. The van der Waals surface area contributed by atoms with Gasteiger partial charge in [-0.05, 0) is 29.7 Å². The van der Waals surface area contributed by atoms with Crippen LogP contribution in [0, 0.1) is 0 Å². The van der Waals surface area contributed by atoms with E-state index in [-0.39, 0.29) is 18.2 Å². The van der Waals surface area contributed by atoms with Crippen LogP contribution in [0.25, 0.3) is 11.4 Å². The van der Waals surface area contributed by atoms with Crippen molar-refractivity contribution in [3.05, 3.63) is 65.5 Å². The number of amides is 2. The second kappa shape index (κ2) is 9.14. The fourth-order valence-electron chi connectivity index (χ4n) is 2.82. The van der Waals surface area contributed by atoms with E-state index in [0.29, 0.717) is 35.3 Å². The Morgan fingerprint density at radius 3 is 2.55 bits per heavy atom. The summed E-state index contributed by atoms with van der Waals surface area (Å²) in [6, 6.07) is 14.8. The number of anilines is 1. The molecular formula is C22H24N4O3. The summed E-state index contributed by atoms with van der Waals surface area (Å²) in [7, 11) is 1.56. The van der Waals surface area contributed by atoms with Crippen LogP contribution >= 0.6 is 0 Å². The van der Waals surface area contributed by atoms with Crippen LogP contribution in [0.5, 0.6) is 0 Å². The van der Waals surface area contributed by atoms with Crippen molar-refractivity contribution < 1.29 is 14.1 Å². The van der Waals surface area contributed by atoms with E-state index in [2.05, 4.69) is 46.8 Å². The van der Waals surface area contributed by atoms with Crippen molar-refractivity contribution in [1.29, 1.82) is 0 Å². The van der Waals surface area contributed by atoms with Crippen LogP contribution in [0.1, 0.15) is 48.0 Å². The van der Waals surface area contributed by atoms with Gasteiger partial charge in [0.2, 0.25) is 17.6 Å². The molecule has 1 aromatic heterocycles. The van der Waals surface area contributed by atoms with Gasteiger partial charge in [-0.15, -0.1) is 0 Å². The number of carbonyl (C=O) groups excluding carboxylic acids is 2. The molecule has 0 bridgehead atoms. The fourth-order valence-corrected chi connectivity index (χ4v) is 2.82. The highest BCUT2D eigenvalue weighted by molar-refractivity contribution is 5.97. The lowest BCUT2D eigenvalue weighted by atomic mass is 10.0. The zero-order chi connectivity index (χ0) is 20.8. The van der Waals surface area contributed by atoms with E-state index in [9.17, 15) is 9.59 Å². The number of nitrogens with one attached hydrogen (secondary N) is 2.